The van der Waals surface area contributed by atoms with Crippen molar-refractivity contribution in [2.45, 2.75) is 88.7 Å². The Bertz CT molecular complexity index is 599. The van der Waals surface area contributed by atoms with Crippen LogP contribution in [0.5, 0.6) is 5.75 Å². The van der Waals surface area contributed by atoms with Crippen LogP contribution in [-0.2, 0) is 9.47 Å². The molecule has 2 fully saturated rings. The maximum absolute atomic E-state index is 6.74. The lowest BCUT2D eigenvalue weighted by Gasteiger charge is -2.22. The van der Waals surface area contributed by atoms with Crippen LogP contribution in [0.1, 0.15) is 77.6 Å². The fourth-order valence-corrected chi connectivity index (χ4v) is 5.27. The lowest BCUT2D eigenvalue weighted by Crippen LogP contribution is -2.22. The van der Waals surface area contributed by atoms with Gasteiger partial charge in [0.15, 0.2) is 6.29 Å². The minimum atomic E-state index is -0.0181. The number of hydrogen-bond acceptors (Lipinski definition) is 3. The molecular weight excluding hydrogens is 419 g/mol. The SMILES string of the molecule is CC1(Cl)[C@H](CCCCCCCCOc2ccc(Cl)cc2)[C@@H]1CCOC1CCCCO1. The van der Waals surface area contributed by atoms with Crippen molar-refractivity contribution in [1.82, 2.24) is 0 Å². The highest BCUT2D eigenvalue weighted by molar-refractivity contribution is 6.30. The highest BCUT2D eigenvalue weighted by Gasteiger charge is 2.58. The maximum atomic E-state index is 6.74. The summed E-state index contributed by atoms with van der Waals surface area (Å²) in [6.07, 6.45) is 13.3. The third kappa shape index (κ3) is 7.89. The van der Waals surface area contributed by atoms with E-state index in [0.29, 0.717) is 11.8 Å². The molecule has 1 aromatic rings. The topological polar surface area (TPSA) is 27.7 Å². The second kappa shape index (κ2) is 12.5. The van der Waals surface area contributed by atoms with Gasteiger partial charge >= 0.3 is 0 Å². The standard InChI is InChI=1S/C25H38Cl2O3/c1-25(27)22(23(25)16-19-30-24-11-7-9-18-29-24)10-6-4-2-3-5-8-17-28-21-14-12-20(26)13-15-21/h12-15,22-24H,2-11,16-19H2,1H3/t22-,23+,24?,25?/m1/s1. The van der Waals surface area contributed by atoms with Crippen molar-refractivity contribution in [2.75, 3.05) is 19.8 Å². The Labute approximate surface area is 192 Å². The smallest absolute Gasteiger partial charge is 0.157 e. The molecule has 0 amide bonds. The van der Waals surface area contributed by atoms with Crippen LogP contribution in [0.4, 0.5) is 0 Å². The minimum absolute atomic E-state index is 0.0181. The summed E-state index contributed by atoms with van der Waals surface area (Å²) in [7, 11) is 0. The fraction of sp³-hybridized carbons (Fsp3) is 0.760. The average molecular weight is 457 g/mol. The van der Waals surface area contributed by atoms with Crippen LogP contribution in [0.15, 0.2) is 24.3 Å². The van der Waals surface area contributed by atoms with E-state index in [1.165, 1.54) is 51.4 Å². The lowest BCUT2D eigenvalue weighted by molar-refractivity contribution is -0.163. The van der Waals surface area contributed by atoms with Gasteiger partial charge in [0.25, 0.3) is 0 Å². The van der Waals surface area contributed by atoms with Crippen molar-refractivity contribution >= 4 is 23.2 Å². The molecule has 0 spiro atoms. The van der Waals surface area contributed by atoms with Gasteiger partial charge in [0.2, 0.25) is 0 Å². The van der Waals surface area contributed by atoms with E-state index in [9.17, 15) is 0 Å². The molecule has 2 unspecified atom stereocenters. The molecule has 1 aliphatic carbocycles. The summed E-state index contributed by atoms with van der Waals surface area (Å²) in [5.41, 5.74) is 0. The van der Waals surface area contributed by atoms with Crippen molar-refractivity contribution in [3.8, 4) is 5.75 Å². The normalized spacial score (nSPS) is 28.4. The summed E-state index contributed by atoms with van der Waals surface area (Å²) in [5.74, 6) is 2.16. The summed E-state index contributed by atoms with van der Waals surface area (Å²) in [6, 6.07) is 7.58. The van der Waals surface area contributed by atoms with Gasteiger partial charge < -0.3 is 14.2 Å². The van der Waals surface area contributed by atoms with E-state index >= 15 is 0 Å². The van der Waals surface area contributed by atoms with E-state index in [1.54, 1.807) is 0 Å². The molecule has 0 N–H and O–H groups in total. The third-order valence-corrected chi connectivity index (χ3v) is 7.50. The first-order chi connectivity index (χ1) is 14.6. The molecule has 0 bridgehead atoms. The van der Waals surface area contributed by atoms with E-state index in [0.717, 1.165) is 49.9 Å². The number of alkyl halides is 1. The average Bonchev–Trinajstić information content (AvgIpc) is 3.27. The van der Waals surface area contributed by atoms with Gasteiger partial charge in [0.05, 0.1) is 13.2 Å². The second-order valence-electron chi connectivity index (χ2n) is 9.03. The monoisotopic (exact) mass is 456 g/mol. The lowest BCUT2D eigenvalue weighted by atomic mass is 10.1. The minimum Gasteiger partial charge on any atom is -0.494 e. The fourth-order valence-electron chi connectivity index (χ4n) is 4.69. The third-order valence-electron chi connectivity index (χ3n) is 6.69. The van der Waals surface area contributed by atoms with Crippen molar-refractivity contribution < 1.29 is 14.2 Å². The predicted molar refractivity (Wildman–Crippen MR) is 125 cm³/mol. The van der Waals surface area contributed by atoms with Crippen LogP contribution in [0.3, 0.4) is 0 Å². The Morgan fingerprint density at radius 2 is 1.63 bits per heavy atom. The van der Waals surface area contributed by atoms with Crippen molar-refractivity contribution in [2.24, 2.45) is 11.8 Å². The van der Waals surface area contributed by atoms with Crippen LogP contribution in [0.25, 0.3) is 0 Å². The summed E-state index contributed by atoms with van der Waals surface area (Å²) >= 11 is 12.6. The molecule has 0 radical (unpaired) electrons. The zero-order chi connectivity index (χ0) is 21.2. The number of unbranched alkanes of at least 4 members (excludes halogenated alkanes) is 5. The molecule has 3 nitrogen and oxygen atoms in total. The van der Waals surface area contributed by atoms with Gasteiger partial charge in [-0.15, -0.1) is 11.6 Å². The zero-order valence-electron chi connectivity index (χ0n) is 18.4. The zero-order valence-corrected chi connectivity index (χ0v) is 19.9. The Morgan fingerprint density at radius 1 is 0.933 bits per heavy atom. The van der Waals surface area contributed by atoms with E-state index in [4.69, 9.17) is 37.4 Å². The number of halogens is 2. The van der Waals surface area contributed by atoms with Gasteiger partial charge in [-0.3, -0.25) is 0 Å². The van der Waals surface area contributed by atoms with E-state index in [2.05, 4.69) is 6.92 Å². The summed E-state index contributed by atoms with van der Waals surface area (Å²) in [6.45, 7) is 4.62. The molecule has 30 heavy (non-hydrogen) atoms. The first-order valence-electron chi connectivity index (χ1n) is 11.9. The van der Waals surface area contributed by atoms with Crippen molar-refractivity contribution in [3.63, 3.8) is 0 Å². The first kappa shape index (κ1) is 24.2. The summed E-state index contributed by atoms with van der Waals surface area (Å²) in [4.78, 5) is -0.0181. The molecule has 170 valence electrons. The van der Waals surface area contributed by atoms with Crippen LogP contribution in [0.2, 0.25) is 5.02 Å². The predicted octanol–water partition coefficient (Wildman–Crippen LogP) is 7.63. The van der Waals surface area contributed by atoms with Gasteiger partial charge in [0, 0.05) is 16.5 Å². The van der Waals surface area contributed by atoms with Gasteiger partial charge in [0.1, 0.15) is 5.75 Å². The summed E-state index contributed by atoms with van der Waals surface area (Å²) < 4.78 is 17.3. The van der Waals surface area contributed by atoms with Gasteiger partial charge in [-0.1, -0.05) is 43.7 Å². The molecule has 1 heterocycles. The number of rotatable bonds is 14. The Morgan fingerprint density at radius 3 is 2.37 bits per heavy atom. The number of hydrogen-bond donors (Lipinski definition) is 0. The summed E-state index contributed by atoms with van der Waals surface area (Å²) in [5, 5.41) is 0.747. The Hall–Kier alpha value is -0.480. The van der Waals surface area contributed by atoms with Crippen molar-refractivity contribution in [3.05, 3.63) is 29.3 Å². The van der Waals surface area contributed by atoms with Crippen LogP contribution in [0, 0.1) is 11.8 Å². The number of ether oxygens (including phenoxy) is 3. The van der Waals surface area contributed by atoms with Gasteiger partial charge in [-0.25, -0.2) is 0 Å². The molecule has 4 atom stereocenters. The molecule has 1 saturated carbocycles. The van der Waals surface area contributed by atoms with Crippen LogP contribution >= 0.6 is 23.2 Å². The molecule has 1 aromatic carbocycles. The first-order valence-corrected chi connectivity index (χ1v) is 12.6. The Kier molecular flexibility index (Phi) is 10.1. The van der Waals surface area contributed by atoms with E-state index < -0.39 is 0 Å². The highest BCUT2D eigenvalue weighted by atomic mass is 35.5. The molecule has 1 aliphatic heterocycles. The van der Waals surface area contributed by atoms with Gasteiger partial charge in [-0.05, 0) is 81.5 Å². The quantitative estimate of drug-likeness (QED) is 0.212. The highest BCUT2D eigenvalue weighted by Crippen LogP contribution is 2.59. The van der Waals surface area contributed by atoms with Crippen LogP contribution in [-0.4, -0.2) is 31.0 Å². The van der Waals surface area contributed by atoms with Gasteiger partial charge in [-0.2, -0.15) is 0 Å². The molecule has 2 aliphatic rings. The van der Waals surface area contributed by atoms with E-state index in [-0.39, 0.29) is 11.2 Å². The second-order valence-corrected chi connectivity index (χ2v) is 10.3. The van der Waals surface area contributed by atoms with E-state index in [1.807, 2.05) is 24.3 Å². The molecule has 0 aromatic heterocycles. The van der Waals surface area contributed by atoms with Crippen molar-refractivity contribution in [1.29, 1.82) is 0 Å². The molecule has 3 rings (SSSR count). The van der Waals surface area contributed by atoms with Crippen LogP contribution < -0.4 is 4.74 Å². The number of benzene rings is 1. The Balaban J connectivity index is 1.15. The molecule has 1 saturated heterocycles. The molecule has 5 heteroatoms. The maximum Gasteiger partial charge on any atom is 0.157 e. The molecular formula is C25H38Cl2O3. The largest absolute Gasteiger partial charge is 0.494 e.